The highest BCUT2D eigenvalue weighted by atomic mass is 19.1. The van der Waals surface area contributed by atoms with Crippen molar-refractivity contribution in [2.75, 3.05) is 12.4 Å². The summed E-state index contributed by atoms with van der Waals surface area (Å²) < 4.78 is 12.5. The molecule has 8 heteroatoms. The van der Waals surface area contributed by atoms with Gasteiger partial charge in [-0.1, -0.05) is 29.9 Å². The van der Waals surface area contributed by atoms with Crippen molar-refractivity contribution >= 4 is 23.4 Å². The van der Waals surface area contributed by atoms with Crippen molar-refractivity contribution in [1.82, 2.24) is 15.0 Å². The zero-order valence-electron chi connectivity index (χ0n) is 18.4. The maximum absolute atomic E-state index is 12.5. The topological polar surface area (TPSA) is 89.4 Å². The first-order valence-corrected chi connectivity index (χ1v) is 9.91. The van der Waals surface area contributed by atoms with Crippen molar-refractivity contribution in [1.29, 1.82) is 0 Å². The smallest absolute Gasteiger partial charge is 0.230 e. The molecule has 0 aliphatic carbocycles. The summed E-state index contributed by atoms with van der Waals surface area (Å²) in [6.07, 6.45) is 7.52. The van der Waals surface area contributed by atoms with Crippen LogP contribution >= 0.6 is 0 Å². The first-order chi connectivity index (χ1) is 15.3. The molecule has 0 saturated carbocycles. The number of Topliss-reactive ketones (excluding diaryl/α,β-unsaturated/α-hetero) is 1. The molecule has 0 spiro atoms. The van der Waals surface area contributed by atoms with Gasteiger partial charge in [0, 0.05) is 29.9 Å². The van der Waals surface area contributed by atoms with E-state index in [1.165, 1.54) is 12.3 Å². The molecule has 1 aromatic carbocycles. The third-order valence-electron chi connectivity index (χ3n) is 4.85. The van der Waals surface area contributed by atoms with Crippen LogP contribution in [0.5, 0.6) is 0 Å². The van der Waals surface area contributed by atoms with Gasteiger partial charge in [0.25, 0.3) is 0 Å². The number of nitrogens with zero attached hydrogens (tertiary/aromatic N) is 4. The summed E-state index contributed by atoms with van der Waals surface area (Å²) in [6, 6.07) is 7.29. The van der Waals surface area contributed by atoms with E-state index in [9.17, 15) is 9.18 Å². The van der Waals surface area contributed by atoms with Crippen LogP contribution in [-0.2, 0) is 9.63 Å². The number of pyridine rings is 1. The number of aryl methyl sites for hydroxylation is 1. The molecule has 2 aromatic heterocycles. The van der Waals surface area contributed by atoms with Gasteiger partial charge in [-0.15, -0.1) is 0 Å². The van der Waals surface area contributed by atoms with Crippen LogP contribution in [0.2, 0.25) is 0 Å². The third-order valence-corrected chi connectivity index (χ3v) is 4.85. The summed E-state index contributed by atoms with van der Waals surface area (Å²) in [6.45, 7) is 8.84. The molecule has 0 unspecified atom stereocenters. The quantitative estimate of drug-likeness (QED) is 0.654. The number of hydrogen-bond donors (Lipinski definition) is 1. The Kier molecular flexibility index (Phi) is 6.73. The minimum Gasteiger partial charge on any atom is -0.381 e. The largest absolute Gasteiger partial charge is 0.381 e. The highest BCUT2D eigenvalue weighted by Gasteiger charge is 2.40. The maximum Gasteiger partial charge on any atom is 0.230 e. The molecule has 0 amide bonds. The van der Waals surface area contributed by atoms with Crippen LogP contribution < -0.4 is 5.32 Å². The second-order valence-electron chi connectivity index (χ2n) is 7.54. The minimum absolute atomic E-state index is 0.121. The number of carbonyl (C=O) groups is 1. The maximum atomic E-state index is 12.5. The lowest BCUT2D eigenvalue weighted by Gasteiger charge is -2.12. The van der Waals surface area contributed by atoms with E-state index in [0.29, 0.717) is 17.1 Å². The number of carbonyl (C=O) groups excluding carboxylic acids is 1. The monoisotopic (exact) mass is 433 g/mol. The van der Waals surface area contributed by atoms with E-state index < -0.39 is 5.60 Å². The van der Waals surface area contributed by atoms with E-state index in [2.05, 4.69) is 32.0 Å². The first kappa shape index (κ1) is 22.7. The van der Waals surface area contributed by atoms with Crippen LogP contribution in [0.1, 0.15) is 30.5 Å². The van der Waals surface area contributed by atoms with E-state index in [1.54, 1.807) is 39.4 Å². The normalized spacial score (nSPS) is 14.0. The fourth-order valence-electron chi connectivity index (χ4n) is 2.90. The van der Waals surface area contributed by atoms with Gasteiger partial charge in [-0.3, -0.25) is 14.8 Å². The lowest BCUT2D eigenvalue weighted by atomic mass is 9.93. The van der Waals surface area contributed by atoms with Crippen LogP contribution in [0.3, 0.4) is 0 Å². The Bertz CT molecular complexity index is 1170. The lowest BCUT2D eigenvalue weighted by molar-refractivity contribution is -0.128. The Labute approximate surface area is 186 Å². The highest BCUT2D eigenvalue weighted by Crippen LogP contribution is 2.27. The van der Waals surface area contributed by atoms with E-state index in [-0.39, 0.29) is 11.6 Å². The molecule has 32 heavy (non-hydrogen) atoms. The van der Waals surface area contributed by atoms with Gasteiger partial charge in [-0.2, -0.15) is 0 Å². The van der Waals surface area contributed by atoms with Crippen LogP contribution in [0.15, 0.2) is 60.8 Å². The fraction of sp³-hybridized carbons (Fsp3) is 0.208. The van der Waals surface area contributed by atoms with Gasteiger partial charge in [0.15, 0.2) is 11.3 Å². The second kappa shape index (κ2) is 9.47. The van der Waals surface area contributed by atoms with Crippen LogP contribution in [0.4, 0.5) is 10.2 Å². The second-order valence-corrected chi connectivity index (χ2v) is 7.54. The average Bonchev–Trinajstić information content (AvgIpc) is 3.07. The number of nitrogens with one attached hydrogen (secondary N) is 1. The van der Waals surface area contributed by atoms with Gasteiger partial charge in [0.2, 0.25) is 5.78 Å². The van der Waals surface area contributed by atoms with Gasteiger partial charge >= 0.3 is 0 Å². The number of hydrogen-bond acceptors (Lipinski definition) is 7. The molecule has 0 atom stereocenters. The molecule has 1 aliphatic heterocycles. The number of halogens is 1. The van der Waals surface area contributed by atoms with Crippen molar-refractivity contribution in [3.63, 3.8) is 0 Å². The Morgan fingerprint density at radius 2 is 1.94 bits per heavy atom. The Hall–Kier alpha value is -3.94. The van der Waals surface area contributed by atoms with Crippen molar-refractivity contribution < 1.29 is 14.0 Å². The minimum atomic E-state index is -0.908. The fourth-order valence-corrected chi connectivity index (χ4v) is 2.90. The summed E-state index contributed by atoms with van der Waals surface area (Å²) in [7, 11) is 1.79. The standard InChI is InChI=1S/C17H18N4O2.C7H6FN/c1-10-5-6-11(15-16(22)17(2,3)23-21-15)7-12(10)13-8-20-14(18-4)9-19-13;1-2-6-3-4-9-5-7(6)8/h5-9H,1-4H3,(H,18,20);2-5H,1H2. The highest BCUT2D eigenvalue weighted by molar-refractivity contribution is 6.49. The number of oxime groups is 1. The molecule has 4 rings (SSSR count). The van der Waals surface area contributed by atoms with Crippen molar-refractivity contribution in [3.05, 3.63) is 78.1 Å². The number of rotatable bonds is 4. The molecule has 0 fully saturated rings. The van der Waals surface area contributed by atoms with E-state index in [4.69, 9.17) is 4.84 Å². The van der Waals surface area contributed by atoms with Gasteiger partial charge in [-0.05, 0) is 38.5 Å². The summed E-state index contributed by atoms with van der Waals surface area (Å²) in [4.78, 5) is 29.8. The first-order valence-electron chi connectivity index (χ1n) is 9.91. The zero-order chi connectivity index (χ0) is 23.3. The van der Waals surface area contributed by atoms with Gasteiger partial charge in [0.05, 0.1) is 24.3 Å². The molecule has 0 radical (unpaired) electrons. The molecule has 0 bridgehead atoms. The molecule has 1 N–H and O–H groups in total. The van der Waals surface area contributed by atoms with Crippen molar-refractivity contribution in [2.45, 2.75) is 26.4 Å². The van der Waals surface area contributed by atoms with Crippen LogP contribution in [0, 0.1) is 12.7 Å². The number of anilines is 1. The van der Waals surface area contributed by atoms with E-state index >= 15 is 0 Å². The molecule has 164 valence electrons. The molecular formula is C24H24FN5O2. The molecule has 7 nitrogen and oxygen atoms in total. The molecule has 3 heterocycles. The van der Waals surface area contributed by atoms with Crippen molar-refractivity contribution in [3.8, 4) is 11.3 Å². The molecule has 3 aromatic rings. The van der Waals surface area contributed by atoms with Crippen LogP contribution in [0.25, 0.3) is 17.3 Å². The van der Waals surface area contributed by atoms with Crippen molar-refractivity contribution in [2.24, 2.45) is 5.16 Å². The summed E-state index contributed by atoms with van der Waals surface area (Å²) >= 11 is 0. The van der Waals surface area contributed by atoms with Gasteiger partial charge in [0.1, 0.15) is 11.6 Å². The molecule has 0 saturated heterocycles. The lowest BCUT2D eigenvalue weighted by Crippen LogP contribution is -2.33. The predicted molar refractivity (Wildman–Crippen MR) is 123 cm³/mol. The number of ketones is 1. The van der Waals surface area contributed by atoms with Gasteiger partial charge in [-0.25, -0.2) is 9.37 Å². The third kappa shape index (κ3) is 4.85. The van der Waals surface area contributed by atoms with Gasteiger partial charge < -0.3 is 10.2 Å². The Balaban J connectivity index is 0.000000269. The van der Waals surface area contributed by atoms with E-state index in [0.717, 1.165) is 28.6 Å². The summed E-state index contributed by atoms with van der Waals surface area (Å²) in [5, 5.41) is 6.89. The molecule has 1 aliphatic rings. The summed E-state index contributed by atoms with van der Waals surface area (Å²) in [5.41, 5.74) is 3.36. The molecular weight excluding hydrogens is 409 g/mol. The Morgan fingerprint density at radius 3 is 2.47 bits per heavy atom. The zero-order valence-corrected chi connectivity index (χ0v) is 18.4. The summed E-state index contributed by atoms with van der Waals surface area (Å²) in [5.74, 6) is 0.254. The number of benzene rings is 1. The van der Waals surface area contributed by atoms with E-state index in [1.807, 2.05) is 25.1 Å². The average molecular weight is 433 g/mol. The predicted octanol–water partition coefficient (Wildman–Crippen LogP) is 4.44. The SMILES string of the molecule is C=Cc1ccncc1F.CNc1cnc(-c2cc(C3=NOC(C)(C)C3=O)ccc2C)cn1. The van der Waals surface area contributed by atoms with Crippen LogP contribution in [-0.4, -0.2) is 39.1 Å². The number of aromatic nitrogens is 3. The Morgan fingerprint density at radius 1 is 1.16 bits per heavy atom.